The minimum atomic E-state index is -3.30. The topological polar surface area (TPSA) is 80.7 Å². The highest BCUT2D eigenvalue weighted by molar-refractivity contribution is 7.91. The number of ether oxygens (including phenoxy) is 1. The standard InChI is InChI=1S/C12H14O5S/c13-12(14)10-7-18(15,16)8-11(10)17-6-9-4-2-1-3-5-9/h1-5,10-11H,6-8H2,(H,13,14). The lowest BCUT2D eigenvalue weighted by Crippen LogP contribution is -2.28. The van der Waals surface area contributed by atoms with E-state index in [9.17, 15) is 13.2 Å². The van der Waals surface area contributed by atoms with Crippen LogP contribution in [0.3, 0.4) is 0 Å². The summed E-state index contributed by atoms with van der Waals surface area (Å²) in [5.41, 5.74) is 0.894. The third kappa shape index (κ3) is 3.08. The number of hydrogen-bond acceptors (Lipinski definition) is 4. The summed E-state index contributed by atoms with van der Waals surface area (Å²) in [5, 5.41) is 8.97. The second-order valence-corrected chi connectivity index (χ2v) is 6.51. The van der Waals surface area contributed by atoms with Crippen LogP contribution in [0.1, 0.15) is 5.56 Å². The summed E-state index contributed by atoms with van der Waals surface area (Å²) in [6.45, 7) is 0.227. The van der Waals surface area contributed by atoms with Crippen molar-refractivity contribution < 1.29 is 23.1 Å². The molecule has 0 aromatic heterocycles. The fraction of sp³-hybridized carbons (Fsp3) is 0.417. The Kier molecular flexibility index (Phi) is 3.68. The van der Waals surface area contributed by atoms with Gasteiger partial charge in [0.05, 0.1) is 30.1 Å². The molecule has 5 nitrogen and oxygen atoms in total. The Bertz CT molecular complexity index is 523. The van der Waals surface area contributed by atoms with Crippen molar-refractivity contribution >= 4 is 15.8 Å². The van der Waals surface area contributed by atoms with Gasteiger partial charge in [-0.25, -0.2) is 8.42 Å². The van der Waals surface area contributed by atoms with Gasteiger partial charge in [-0.15, -0.1) is 0 Å². The van der Waals surface area contributed by atoms with Crippen LogP contribution in [0.2, 0.25) is 0 Å². The van der Waals surface area contributed by atoms with Crippen molar-refractivity contribution in [2.45, 2.75) is 12.7 Å². The smallest absolute Gasteiger partial charge is 0.310 e. The molecule has 1 heterocycles. The molecule has 0 saturated carbocycles. The predicted octanol–water partition coefficient (Wildman–Crippen LogP) is 0.701. The molecule has 1 saturated heterocycles. The monoisotopic (exact) mass is 270 g/mol. The number of carboxylic acid groups (broad SMARTS) is 1. The van der Waals surface area contributed by atoms with E-state index in [2.05, 4.69) is 0 Å². The van der Waals surface area contributed by atoms with Gasteiger partial charge >= 0.3 is 5.97 Å². The van der Waals surface area contributed by atoms with Gasteiger partial charge in [-0.05, 0) is 5.56 Å². The van der Waals surface area contributed by atoms with E-state index in [1.165, 1.54) is 0 Å². The van der Waals surface area contributed by atoms with Crippen LogP contribution in [0.25, 0.3) is 0 Å². The molecule has 2 unspecified atom stereocenters. The molecule has 1 N–H and O–H groups in total. The molecule has 2 atom stereocenters. The number of rotatable bonds is 4. The first-order valence-electron chi connectivity index (χ1n) is 5.57. The molecule has 0 amide bonds. The number of benzene rings is 1. The molecule has 2 rings (SSSR count). The predicted molar refractivity (Wildman–Crippen MR) is 64.8 cm³/mol. The van der Waals surface area contributed by atoms with E-state index in [0.717, 1.165) is 5.56 Å². The van der Waals surface area contributed by atoms with Gasteiger partial charge in [0.25, 0.3) is 0 Å². The molecule has 1 aliphatic rings. The lowest BCUT2D eigenvalue weighted by molar-refractivity contribution is -0.145. The van der Waals surface area contributed by atoms with Gasteiger partial charge in [0.2, 0.25) is 0 Å². The van der Waals surface area contributed by atoms with Crippen LogP contribution in [0, 0.1) is 5.92 Å². The normalized spacial score (nSPS) is 26.0. The third-order valence-electron chi connectivity index (χ3n) is 2.92. The molecular weight excluding hydrogens is 256 g/mol. The Labute approximate surface area is 105 Å². The van der Waals surface area contributed by atoms with E-state index >= 15 is 0 Å². The van der Waals surface area contributed by atoms with Crippen molar-refractivity contribution in [1.82, 2.24) is 0 Å². The molecule has 98 valence electrons. The lowest BCUT2D eigenvalue weighted by Gasteiger charge is -2.15. The summed E-state index contributed by atoms with van der Waals surface area (Å²) in [4.78, 5) is 11.0. The van der Waals surface area contributed by atoms with Crippen LogP contribution in [-0.2, 0) is 26.0 Å². The Morgan fingerprint density at radius 2 is 1.94 bits per heavy atom. The second kappa shape index (κ2) is 5.07. The van der Waals surface area contributed by atoms with Crippen molar-refractivity contribution in [1.29, 1.82) is 0 Å². The maximum absolute atomic E-state index is 11.4. The lowest BCUT2D eigenvalue weighted by atomic mass is 10.1. The van der Waals surface area contributed by atoms with Crippen LogP contribution >= 0.6 is 0 Å². The quantitative estimate of drug-likeness (QED) is 0.871. The summed E-state index contributed by atoms with van der Waals surface area (Å²) < 4.78 is 28.3. The van der Waals surface area contributed by atoms with Crippen molar-refractivity contribution in [3.05, 3.63) is 35.9 Å². The highest BCUT2D eigenvalue weighted by Gasteiger charge is 2.42. The first-order valence-corrected chi connectivity index (χ1v) is 7.39. The van der Waals surface area contributed by atoms with Gasteiger partial charge in [0.15, 0.2) is 9.84 Å². The highest BCUT2D eigenvalue weighted by atomic mass is 32.2. The first-order chi connectivity index (χ1) is 8.48. The average Bonchev–Trinajstić information content (AvgIpc) is 2.64. The number of aliphatic carboxylic acids is 1. The third-order valence-corrected chi connectivity index (χ3v) is 4.63. The van der Waals surface area contributed by atoms with E-state index < -0.39 is 27.8 Å². The van der Waals surface area contributed by atoms with Gasteiger partial charge < -0.3 is 9.84 Å². The van der Waals surface area contributed by atoms with Gasteiger partial charge in [-0.3, -0.25) is 4.79 Å². The zero-order valence-electron chi connectivity index (χ0n) is 9.65. The van der Waals surface area contributed by atoms with Crippen molar-refractivity contribution in [3.8, 4) is 0 Å². The van der Waals surface area contributed by atoms with Crippen molar-refractivity contribution in [3.63, 3.8) is 0 Å². The van der Waals surface area contributed by atoms with Crippen LogP contribution in [0.15, 0.2) is 30.3 Å². The zero-order chi connectivity index (χ0) is 13.2. The summed E-state index contributed by atoms with van der Waals surface area (Å²) in [6, 6.07) is 9.25. The summed E-state index contributed by atoms with van der Waals surface area (Å²) in [5.74, 6) is -2.62. The molecular formula is C12H14O5S. The van der Waals surface area contributed by atoms with Crippen molar-refractivity contribution in [2.75, 3.05) is 11.5 Å². The Hall–Kier alpha value is -1.40. The van der Waals surface area contributed by atoms with Gasteiger partial charge in [-0.2, -0.15) is 0 Å². The minimum Gasteiger partial charge on any atom is -0.481 e. The fourth-order valence-electron chi connectivity index (χ4n) is 1.99. The SMILES string of the molecule is O=C(O)C1CS(=O)(=O)CC1OCc1ccccc1. The largest absolute Gasteiger partial charge is 0.481 e. The van der Waals surface area contributed by atoms with E-state index in [-0.39, 0.29) is 18.1 Å². The van der Waals surface area contributed by atoms with Gasteiger partial charge in [-0.1, -0.05) is 30.3 Å². The zero-order valence-corrected chi connectivity index (χ0v) is 10.5. The van der Waals surface area contributed by atoms with Crippen LogP contribution in [0.5, 0.6) is 0 Å². The minimum absolute atomic E-state index is 0.212. The van der Waals surface area contributed by atoms with E-state index in [1.807, 2.05) is 30.3 Å². The Balaban J connectivity index is 2.02. The van der Waals surface area contributed by atoms with Gasteiger partial charge in [0.1, 0.15) is 0 Å². The molecule has 1 aromatic carbocycles. The molecule has 1 aromatic rings. The maximum Gasteiger partial charge on any atom is 0.310 e. The highest BCUT2D eigenvalue weighted by Crippen LogP contribution is 2.23. The summed E-state index contributed by atoms with van der Waals surface area (Å²) in [7, 11) is -3.30. The fourth-order valence-corrected chi connectivity index (χ4v) is 3.86. The molecule has 1 aliphatic heterocycles. The molecule has 0 spiro atoms. The first kappa shape index (κ1) is 13.0. The van der Waals surface area contributed by atoms with E-state index in [1.54, 1.807) is 0 Å². The number of sulfone groups is 1. The molecule has 18 heavy (non-hydrogen) atoms. The van der Waals surface area contributed by atoms with E-state index in [0.29, 0.717) is 0 Å². The van der Waals surface area contributed by atoms with E-state index in [4.69, 9.17) is 9.84 Å². The number of carbonyl (C=O) groups is 1. The Morgan fingerprint density at radius 1 is 1.28 bits per heavy atom. The summed E-state index contributed by atoms with van der Waals surface area (Å²) >= 11 is 0. The maximum atomic E-state index is 11.4. The molecule has 0 bridgehead atoms. The number of carboxylic acids is 1. The molecule has 1 fully saturated rings. The molecule has 0 radical (unpaired) electrons. The number of hydrogen-bond donors (Lipinski definition) is 1. The van der Waals surface area contributed by atoms with Crippen LogP contribution in [-0.4, -0.2) is 37.1 Å². The second-order valence-electron chi connectivity index (χ2n) is 4.36. The Morgan fingerprint density at radius 3 is 2.56 bits per heavy atom. The summed E-state index contributed by atoms with van der Waals surface area (Å²) in [6.07, 6.45) is -0.757. The van der Waals surface area contributed by atoms with Crippen LogP contribution in [0.4, 0.5) is 0 Å². The molecule has 0 aliphatic carbocycles. The molecule has 6 heteroatoms. The van der Waals surface area contributed by atoms with Crippen LogP contribution < -0.4 is 0 Å². The average molecular weight is 270 g/mol. The van der Waals surface area contributed by atoms with Crippen molar-refractivity contribution in [2.24, 2.45) is 5.92 Å². The van der Waals surface area contributed by atoms with Gasteiger partial charge in [0, 0.05) is 0 Å².